The van der Waals surface area contributed by atoms with E-state index in [0.29, 0.717) is 5.75 Å². The average Bonchev–Trinajstić information content (AvgIpc) is 2.39. The lowest BCUT2D eigenvalue weighted by Gasteiger charge is -2.09. The van der Waals surface area contributed by atoms with E-state index in [1.54, 1.807) is 6.07 Å². The molecular weight excluding hydrogens is 238 g/mol. The van der Waals surface area contributed by atoms with E-state index >= 15 is 0 Å². The van der Waals surface area contributed by atoms with E-state index in [1.165, 1.54) is 0 Å². The Bertz CT molecular complexity index is 534. The van der Waals surface area contributed by atoms with Gasteiger partial charge in [-0.2, -0.15) is 0 Å². The number of hydrogen-bond donors (Lipinski definition) is 4. The molecule has 19 heavy (non-hydrogen) atoms. The zero-order valence-electron chi connectivity index (χ0n) is 10.9. The number of aromatic hydroxyl groups is 1. The highest BCUT2D eigenvalue weighted by Crippen LogP contribution is 2.29. The summed E-state index contributed by atoms with van der Waals surface area (Å²) in [5, 5.41) is 15.8. The molecule has 0 heterocycles. The molecule has 0 amide bonds. The summed E-state index contributed by atoms with van der Waals surface area (Å²) in [4.78, 5) is 0. The second-order valence-corrected chi connectivity index (χ2v) is 3.98. The lowest BCUT2D eigenvalue weighted by atomic mass is 9.97. The van der Waals surface area contributed by atoms with Crippen molar-refractivity contribution in [1.29, 1.82) is 5.41 Å². The van der Waals surface area contributed by atoms with Crippen LogP contribution in [0.2, 0.25) is 0 Å². The van der Waals surface area contributed by atoms with E-state index < -0.39 is 0 Å². The number of benzene rings is 2. The molecule has 0 saturated heterocycles. The highest BCUT2D eigenvalue weighted by atomic mass is 16.3. The molecule has 0 aromatic heterocycles. The van der Waals surface area contributed by atoms with Gasteiger partial charge in [-0.3, -0.25) is 5.41 Å². The number of nitrogens with two attached hydrogens (primary N) is 2. The van der Waals surface area contributed by atoms with Crippen molar-refractivity contribution in [3.05, 3.63) is 54.1 Å². The molecule has 0 aliphatic heterocycles. The minimum Gasteiger partial charge on any atom is -0.508 e. The number of hydrogen-bond acceptors (Lipinski definition) is 2. The second kappa shape index (κ2) is 7.06. The maximum absolute atomic E-state index is 9.75. The molecule has 0 aliphatic rings. The van der Waals surface area contributed by atoms with Crippen molar-refractivity contribution in [3.63, 3.8) is 0 Å². The van der Waals surface area contributed by atoms with E-state index in [0.717, 1.165) is 23.1 Å². The Morgan fingerprint density at radius 2 is 1.63 bits per heavy atom. The Hall–Kier alpha value is -2.49. The second-order valence-electron chi connectivity index (χ2n) is 3.98. The van der Waals surface area contributed by atoms with Gasteiger partial charge in [0.1, 0.15) is 5.75 Å². The summed E-state index contributed by atoms with van der Waals surface area (Å²) in [6.45, 7) is 2.06. The normalized spacial score (nSPS) is 9.32. The smallest absolute Gasteiger partial charge is 0.183 e. The molecule has 0 fully saturated rings. The minimum absolute atomic E-state index is 0.333. The molecule has 0 spiro atoms. The monoisotopic (exact) mass is 257 g/mol. The van der Waals surface area contributed by atoms with Gasteiger partial charge in [0.15, 0.2) is 5.96 Å². The summed E-state index contributed by atoms with van der Waals surface area (Å²) in [6.07, 6.45) is 0.844. The standard InChI is InChI=1S/C14H14O.CH5N3/c1-2-12-13(9-6-10-14(12)15)11-7-4-3-5-8-11;2-1(3)4/h3-10,15H,2H2,1H3;(H5,2,3,4). The fourth-order valence-electron chi connectivity index (χ4n) is 1.83. The van der Waals surface area contributed by atoms with Crippen molar-refractivity contribution in [1.82, 2.24) is 0 Å². The van der Waals surface area contributed by atoms with E-state index in [4.69, 9.17) is 5.41 Å². The lowest BCUT2D eigenvalue weighted by molar-refractivity contribution is 0.469. The van der Waals surface area contributed by atoms with Crippen LogP contribution in [0.4, 0.5) is 0 Å². The molecule has 0 bridgehead atoms. The van der Waals surface area contributed by atoms with Crippen LogP contribution in [0.15, 0.2) is 48.5 Å². The van der Waals surface area contributed by atoms with Gasteiger partial charge in [0.05, 0.1) is 0 Å². The minimum atomic E-state index is -0.333. The summed E-state index contributed by atoms with van der Waals surface area (Å²) >= 11 is 0. The van der Waals surface area contributed by atoms with Crippen LogP contribution in [0.1, 0.15) is 12.5 Å². The first kappa shape index (κ1) is 14.6. The molecule has 100 valence electrons. The average molecular weight is 257 g/mol. The van der Waals surface area contributed by atoms with Crippen LogP contribution in [-0.2, 0) is 6.42 Å². The maximum Gasteiger partial charge on any atom is 0.183 e. The van der Waals surface area contributed by atoms with Crippen LogP contribution in [-0.4, -0.2) is 11.1 Å². The number of rotatable bonds is 2. The van der Waals surface area contributed by atoms with Gasteiger partial charge < -0.3 is 16.6 Å². The largest absolute Gasteiger partial charge is 0.508 e. The van der Waals surface area contributed by atoms with Gasteiger partial charge in [0.2, 0.25) is 0 Å². The van der Waals surface area contributed by atoms with E-state index in [1.807, 2.05) is 30.3 Å². The Morgan fingerprint density at radius 1 is 1.05 bits per heavy atom. The first-order valence-corrected chi connectivity index (χ1v) is 6.02. The molecule has 0 unspecified atom stereocenters. The van der Waals surface area contributed by atoms with Crippen LogP contribution in [0.25, 0.3) is 11.1 Å². The van der Waals surface area contributed by atoms with Gasteiger partial charge in [-0.15, -0.1) is 0 Å². The Kier molecular flexibility index (Phi) is 5.41. The molecule has 2 aromatic carbocycles. The number of phenols is 1. The van der Waals surface area contributed by atoms with Crippen molar-refractivity contribution >= 4 is 5.96 Å². The van der Waals surface area contributed by atoms with E-state index in [2.05, 4.69) is 30.5 Å². The highest BCUT2D eigenvalue weighted by molar-refractivity contribution is 5.71. The van der Waals surface area contributed by atoms with Gasteiger partial charge in [0.25, 0.3) is 0 Å². The van der Waals surface area contributed by atoms with Crippen molar-refractivity contribution in [3.8, 4) is 16.9 Å². The number of guanidine groups is 1. The van der Waals surface area contributed by atoms with E-state index in [9.17, 15) is 5.11 Å². The predicted molar refractivity (Wildman–Crippen MR) is 79.0 cm³/mol. The quantitative estimate of drug-likeness (QED) is 0.491. The van der Waals surface area contributed by atoms with Crippen molar-refractivity contribution in [2.45, 2.75) is 13.3 Å². The molecule has 4 heteroatoms. The summed E-state index contributed by atoms with van der Waals surface area (Å²) in [7, 11) is 0. The predicted octanol–water partition coefficient (Wildman–Crippen LogP) is 2.46. The molecule has 0 radical (unpaired) electrons. The SMILES string of the molecule is CCc1c(O)cccc1-c1ccccc1.N=C(N)N. The molecule has 4 nitrogen and oxygen atoms in total. The Balaban J connectivity index is 0.000000399. The maximum atomic E-state index is 9.75. The van der Waals surface area contributed by atoms with Crippen LogP contribution >= 0.6 is 0 Å². The van der Waals surface area contributed by atoms with Crippen molar-refractivity contribution < 1.29 is 5.11 Å². The van der Waals surface area contributed by atoms with Crippen LogP contribution in [0.5, 0.6) is 5.75 Å². The molecule has 0 atom stereocenters. The zero-order valence-corrected chi connectivity index (χ0v) is 10.9. The molecule has 2 aromatic rings. The third-order valence-electron chi connectivity index (χ3n) is 2.59. The van der Waals surface area contributed by atoms with Gasteiger partial charge >= 0.3 is 0 Å². The fraction of sp³-hybridized carbons (Fsp3) is 0.133. The van der Waals surface area contributed by atoms with Crippen molar-refractivity contribution in [2.75, 3.05) is 0 Å². The third kappa shape index (κ3) is 4.35. The number of nitrogens with one attached hydrogen (secondary N) is 1. The first-order chi connectivity index (χ1) is 9.06. The van der Waals surface area contributed by atoms with Crippen LogP contribution in [0, 0.1) is 5.41 Å². The third-order valence-corrected chi connectivity index (χ3v) is 2.59. The number of phenolic OH excluding ortho intramolecular Hbond substituents is 1. The van der Waals surface area contributed by atoms with Crippen molar-refractivity contribution in [2.24, 2.45) is 11.5 Å². The topological polar surface area (TPSA) is 96.1 Å². The van der Waals surface area contributed by atoms with Gasteiger partial charge in [-0.1, -0.05) is 49.4 Å². The lowest BCUT2D eigenvalue weighted by Crippen LogP contribution is -2.20. The molecule has 2 rings (SSSR count). The fourth-order valence-corrected chi connectivity index (χ4v) is 1.83. The molecule has 0 aliphatic carbocycles. The van der Waals surface area contributed by atoms with Crippen LogP contribution in [0.3, 0.4) is 0 Å². The summed E-state index contributed by atoms with van der Waals surface area (Å²) in [5.74, 6) is 0.0545. The Morgan fingerprint density at radius 3 is 2.16 bits per heavy atom. The van der Waals surface area contributed by atoms with E-state index in [-0.39, 0.29) is 5.96 Å². The summed E-state index contributed by atoms with van der Waals surface area (Å²) in [6, 6.07) is 15.8. The zero-order chi connectivity index (χ0) is 14.3. The van der Waals surface area contributed by atoms with Gasteiger partial charge in [-0.05, 0) is 23.6 Å². The Labute approximate surface area is 113 Å². The highest BCUT2D eigenvalue weighted by Gasteiger charge is 2.06. The molecular formula is C15H19N3O. The molecule has 6 N–H and O–H groups in total. The van der Waals surface area contributed by atoms with Gasteiger partial charge in [-0.25, -0.2) is 0 Å². The summed E-state index contributed by atoms with van der Waals surface area (Å²) < 4.78 is 0. The summed E-state index contributed by atoms with van der Waals surface area (Å²) in [5.41, 5.74) is 12.2. The molecule has 0 saturated carbocycles. The van der Waals surface area contributed by atoms with Gasteiger partial charge in [0, 0.05) is 5.56 Å². The van der Waals surface area contributed by atoms with Crippen LogP contribution < -0.4 is 11.5 Å². The first-order valence-electron chi connectivity index (χ1n) is 6.02.